The first-order valence-electron chi connectivity index (χ1n) is 7.37. The molecule has 0 unspecified atom stereocenters. The Hall–Kier alpha value is -2.01. The number of piperazine rings is 1. The SMILES string of the molecule is Cc1[nH]cnc1C(=O)N1CCN(c2cccc(Cl)c2C)CC1. The maximum absolute atomic E-state index is 12.4. The number of anilines is 1. The van der Waals surface area contributed by atoms with Crippen molar-refractivity contribution in [1.82, 2.24) is 14.9 Å². The molecule has 2 heterocycles. The molecule has 1 amide bonds. The van der Waals surface area contributed by atoms with E-state index in [2.05, 4.69) is 20.9 Å². The predicted molar refractivity (Wildman–Crippen MR) is 87.6 cm³/mol. The summed E-state index contributed by atoms with van der Waals surface area (Å²) in [5.74, 6) is 0.00113. The van der Waals surface area contributed by atoms with Crippen LogP contribution < -0.4 is 4.90 Å². The normalized spacial score (nSPS) is 15.2. The van der Waals surface area contributed by atoms with E-state index >= 15 is 0 Å². The molecule has 116 valence electrons. The third-order valence-electron chi connectivity index (χ3n) is 4.18. The topological polar surface area (TPSA) is 52.2 Å². The van der Waals surface area contributed by atoms with E-state index in [0.717, 1.165) is 35.1 Å². The van der Waals surface area contributed by atoms with E-state index in [0.29, 0.717) is 18.8 Å². The number of aryl methyl sites for hydroxylation is 1. The molecule has 0 spiro atoms. The number of halogens is 1. The Labute approximate surface area is 134 Å². The summed E-state index contributed by atoms with van der Waals surface area (Å²) in [5, 5.41) is 0.781. The average molecular weight is 319 g/mol. The van der Waals surface area contributed by atoms with E-state index in [1.54, 1.807) is 6.33 Å². The zero-order valence-corrected chi connectivity index (χ0v) is 13.5. The van der Waals surface area contributed by atoms with Crippen LogP contribution in [0.15, 0.2) is 24.5 Å². The van der Waals surface area contributed by atoms with Crippen LogP contribution in [0.2, 0.25) is 5.02 Å². The maximum Gasteiger partial charge on any atom is 0.274 e. The van der Waals surface area contributed by atoms with Crippen LogP contribution in [0.1, 0.15) is 21.7 Å². The molecular formula is C16H19ClN4O. The van der Waals surface area contributed by atoms with E-state index < -0.39 is 0 Å². The van der Waals surface area contributed by atoms with Crippen molar-refractivity contribution in [1.29, 1.82) is 0 Å². The van der Waals surface area contributed by atoms with Crippen LogP contribution in [0, 0.1) is 13.8 Å². The number of carbonyl (C=O) groups is 1. The highest BCUT2D eigenvalue weighted by molar-refractivity contribution is 6.31. The van der Waals surface area contributed by atoms with Crippen molar-refractivity contribution in [2.45, 2.75) is 13.8 Å². The molecule has 22 heavy (non-hydrogen) atoms. The minimum Gasteiger partial charge on any atom is -0.368 e. The van der Waals surface area contributed by atoms with Gasteiger partial charge in [0.2, 0.25) is 0 Å². The quantitative estimate of drug-likeness (QED) is 0.926. The molecule has 0 radical (unpaired) electrons. The zero-order chi connectivity index (χ0) is 15.7. The molecule has 0 aliphatic carbocycles. The smallest absolute Gasteiger partial charge is 0.274 e. The Morgan fingerprint density at radius 3 is 2.59 bits per heavy atom. The number of hydrogen-bond donors (Lipinski definition) is 1. The van der Waals surface area contributed by atoms with Crippen LogP contribution in [0.25, 0.3) is 0 Å². The van der Waals surface area contributed by atoms with Gasteiger partial charge >= 0.3 is 0 Å². The van der Waals surface area contributed by atoms with Crippen LogP contribution in [0.4, 0.5) is 5.69 Å². The van der Waals surface area contributed by atoms with Crippen LogP contribution in [-0.4, -0.2) is 47.0 Å². The number of nitrogens with zero attached hydrogens (tertiary/aromatic N) is 3. The first-order valence-corrected chi connectivity index (χ1v) is 7.75. The Morgan fingerprint density at radius 2 is 1.95 bits per heavy atom. The number of amides is 1. The summed E-state index contributed by atoms with van der Waals surface area (Å²) in [5.41, 5.74) is 3.58. The molecule has 1 fully saturated rings. The standard InChI is InChI=1S/C16H19ClN4O/c1-11-13(17)4-3-5-14(11)20-6-8-21(9-7-20)16(22)15-12(2)18-10-19-15/h3-5,10H,6-9H2,1-2H3,(H,18,19). The molecule has 3 rings (SSSR count). The van der Waals surface area contributed by atoms with Gasteiger partial charge in [0, 0.05) is 42.6 Å². The largest absolute Gasteiger partial charge is 0.368 e. The van der Waals surface area contributed by atoms with Crippen molar-refractivity contribution in [2.24, 2.45) is 0 Å². The van der Waals surface area contributed by atoms with Crippen molar-refractivity contribution in [3.8, 4) is 0 Å². The second-order valence-electron chi connectivity index (χ2n) is 5.54. The summed E-state index contributed by atoms with van der Waals surface area (Å²) >= 11 is 6.19. The summed E-state index contributed by atoms with van der Waals surface area (Å²) in [7, 11) is 0. The fourth-order valence-corrected chi connectivity index (χ4v) is 2.98. The highest BCUT2D eigenvalue weighted by atomic mass is 35.5. The molecule has 0 bridgehead atoms. The van der Waals surface area contributed by atoms with Gasteiger partial charge < -0.3 is 14.8 Å². The summed E-state index contributed by atoms with van der Waals surface area (Å²) in [4.78, 5) is 23.7. The lowest BCUT2D eigenvalue weighted by Gasteiger charge is -2.36. The van der Waals surface area contributed by atoms with Crippen molar-refractivity contribution < 1.29 is 4.79 Å². The molecule has 1 aromatic heterocycles. The Bertz CT molecular complexity index is 689. The van der Waals surface area contributed by atoms with Crippen molar-refractivity contribution in [3.63, 3.8) is 0 Å². The van der Waals surface area contributed by atoms with Gasteiger partial charge in [0.1, 0.15) is 5.69 Å². The van der Waals surface area contributed by atoms with Gasteiger partial charge in [0.15, 0.2) is 0 Å². The van der Waals surface area contributed by atoms with Gasteiger partial charge in [-0.15, -0.1) is 0 Å². The number of nitrogens with one attached hydrogen (secondary N) is 1. The highest BCUT2D eigenvalue weighted by Crippen LogP contribution is 2.27. The first-order chi connectivity index (χ1) is 10.6. The van der Waals surface area contributed by atoms with Crippen LogP contribution in [0.5, 0.6) is 0 Å². The molecule has 0 atom stereocenters. The number of imidazole rings is 1. The number of rotatable bonds is 2. The van der Waals surface area contributed by atoms with Crippen LogP contribution in [0.3, 0.4) is 0 Å². The van der Waals surface area contributed by atoms with E-state index in [-0.39, 0.29) is 5.91 Å². The van der Waals surface area contributed by atoms with E-state index in [1.807, 2.05) is 30.9 Å². The van der Waals surface area contributed by atoms with Gasteiger partial charge in [0.25, 0.3) is 5.91 Å². The number of carbonyl (C=O) groups excluding carboxylic acids is 1. The van der Waals surface area contributed by atoms with Crippen molar-refractivity contribution >= 4 is 23.2 Å². The molecule has 2 aromatic rings. The van der Waals surface area contributed by atoms with Gasteiger partial charge in [-0.25, -0.2) is 4.98 Å². The third kappa shape index (κ3) is 2.68. The van der Waals surface area contributed by atoms with Gasteiger partial charge in [-0.1, -0.05) is 17.7 Å². The lowest BCUT2D eigenvalue weighted by atomic mass is 10.1. The van der Waals surface area contributed by atoms with Gasteiger partial charge in [-0.05, 0) is 31.5 Å². The minimum absolute atomic E-state index is 0.00113. The van der Waals surface area contributed by atoms with Gasteiger partial charge in [-0.3, -0.25) is 4.79 Å². The van der Waals surface area contributed by atoms with Crippen LogP contribution in [-0.2, 0) is 0 Å². The maximum atomic E-state index is 12.4. The summed E-state index contributed by atoms with van der Waals surface area (Å²) in [6.07, 6.45) is 1.56. The molecular weight excluding hydrogens is 300 g/mol. The second-order valence-corrected chi connectivity index (χ2v) is 5.95. The molecule has 5 nitrogen and oxygen atoms in total. The number of aromatic amines is 1. The lowest BCUT2D eigenvalue weighted by Crippen LogP contribution is -2.49. The second kappa shape index (κ2) is 6.01. The fraction of sp³-hybridized carbons (Fsp3) is 0.375. The number of benzene rings is 1. The molecule has 1 aromatic carbocycles. The van der Waals surface area contributed by atoms with Crippen molar-refractivity contribution in [2.75, 3.05) is 31.1 Å². The van der Waals surface area contributed by atoms with Gasteiger partial charge in [0.05, 0.1) is 6.33 Å². The molecule has 1 aliphatic rings. The third-order valence-corrected chi connectivity index (χ3v) is 4.59. The molecule has 1 saturated heterocycles. The molecule has 1 N–H and O–H groups in total. The molecule has 0 saturated carbocycles. The Kier molecular flexibility index (Phi) is 4.07. The highest BCUT2D eigenvalue weighted by Gasteiger charge is 2.25. The van der Waals surface area contributed by atoms with Gasteiger partial charge in [-0.2, -0.15) is 0 Å². The first kappa shape index (κ1) is 14.9. The average Bonchev–Trinajstić information content (AvgIpc) is 2.96. The molecule has 1 aliphatic heterocycles. The lowest BCUT2D eigenvalue weighted by molar-refractivity contribution is 0.0740. The Balaban J connectivity index is 1.69. The predicted octanol–water partition coefficient (Wildman–Crippen LogP) is 2.64. The molecule has 6 heteroatoms. The van der Waals surface area contributed by atoms with Crippen LogP contribution >= 0.6 is 11.6 Å². The monoisotopic (exact) mass is 318 g/mol. The van der Waals surface area contributed by atoms with E-state index in [1.165, 1.54) is 0 Å². The number of H-pyrrole nitrogens is 1. The summed E-state index contributed by atoms with van der Waals surface area (Å²) in [6.45, 7) is 6.88. The fourth-order valence-electron chi connectivity index (χ4n) is 2.81. The van der Waals surface area contributed by atoms with E-state index in [9.17, 15) is 4.79 Å². The summed E-state index contributed by atoms with van der Waals surface area (Å²) in [6, 6.07) is 5.95. The zero-order valence-electron chi connectivity index (χ0n) is 12.8. The summed E-state index contributed by atoms with van der Waals surface area (Å²) < 4.78 is 0. The van der Waals surface area contributed by atoms with E-state index in [4.69, 9.17) is 11.6 Å². The minimum atomic E-state index is 0.00113. The van der Waals surface area contributed by atoms with Crippen molar-refractivity contribution in [3.05, 3.63) is 46.5 Å². The number of aromatic nitrogens is 2. The Morgan fingerprint density at radius 1 is 1.23 bits per heavy atom. The number of hydrogen-bond acceptors (Lipinski definition) is 3.